The molecule has 0 amide bonds. The van der Waals surface area contributed by atoms with E-state index in [2.05, 4.69) is 0 Å². The molecule has 3 nitrogen and oxygen atoms in total. The van der Waals surface area contributed by atoms with Crippen LogP contribution in [0.25, 0.3) is 5.52 Å². The molecule has 5 heteroatoms. The van der Waals surface area contributed by atoms with Crippen LogP contribution in [0.3, 0.4) is 0 Å². The van der Waals surface area contributed by atoms with E-state index < -0.39 is 5.97 Å². The first-order chi connectivity index (χ1) is 6.58. The fourth-order valence-electron chi connectivity index (χ4n) is 1.26. The van der Waals surface area contributed by atoms with E-state index >= 15 is 0 Å². The molecule has 0 saturated heterocycles. The lowest BCUT2D eigenvalue weighted by Crippen LogP contribution is -1.92. The Labute approximate surface area is 89.5 Å². The number of hydrogen-bond donors (Lipinski definition) is 1. The second-order valence-corrected chi connectivity index (χ2v) is 3.65. The van der Waals surface area contributed by atoms with Crippen molar-refractivity contribution >= 4 is 34.7 Å². The number of fused-ring (bicyclic) bond motifs is 1. The van der Waals surface area contributed by atoms with Crippen LogP contribution in [0, 0.1) is 0 Å². The zero-order valence-corrected chi connectivity index (χ0v) is 8.38. The molecule has 2 heterocycles. The second-order valence-electron chi connectivity index (χ2n) is 2.83. The molecule has 2 aromatic rings. The monoisotopic (exact) mass is 229 g/mol. The molecule has 72 valence electrons. The van der Waals surface area contributed by atoms with E-state index in [1.807, 2.05) is 0 Å². The molecule has 2 aromatic heterocycles. The summed E-state index contributed by atoms with van der Waals surface area (Å²) in [7, 11) is 0. The number of carbonyl (C=O) groups is 1. The van der Waals surface area contributed by atoms with Gasteiger partial charge in [0.25, 0.3) is 0 Å². The Balaban J connectivity index is 2.76. The topological polar surface area (TPSA) is 41.7 Å². The number of halogens is 2. The number of hydrogen-bond acceptors (Lipinski definition) is 1. The van der Waals surface area contributed by atoms with Crippen LogP contribution in [-0.2, 0) is 0 Å². The lowest BCUT2D eigenvalue weighted by molar-refractivity contribution is 0.0697. The van der Waals surface area contributed by atoms with Gasteiger partial charge in [-0.05, 0) is 18.2 Å². The Kier molecular flexibility index (Phi) is 2.13. The number of nitrogens with zero attached hydrogens (tertiary/aromatic N) is 1. The van der Waals surface area contributed by atoms with Crippen LogP contribution in [0.4, 0.5) is 0 Å². The summed E-state index contributed by atoms with van der Waals surface area (Å²) >= 11 is 11.6. The Morgan fingerprint density at radius 3 is 2.64 bits per heavy atom. The maximum absolute atomic E-state index is 10.7. The molecular weight excluding hydrogens is 225 g/mol. The van der Waals surface area contributed by atoms with E-state index in [1.165, 1.54) is 12.3 Å². The van der Waals surface area contributed by atoms with Gasteiger partial charge in [0.2, 0.25) is 0 Å². The van der Waals surface area contributed by atoms with Crippen molar-refractivity contribution in [3.05, 3.63) is 40.1 Å². The summed E-state index contributed by atoms with van der Waals surface area (Å²) in [5.74, 6) is -0.985. The van der Waals surface area contributed by atoms with Crippen molar-refractivity contribution in [1.82, 2.24) is 4.40 Å². The summed E-state index contributed by atoms with van der Waals surface area (Å²) in [6.07, 6.45) is 1.45. The maximum atomic E-state index is 10.7. The minimum atomic E-state index is -0.985. The van der Waals surface area contributed by atoms with Gasteiger partial charge in [-0.25, -0.2) is 4.79 Å². The van der Waals surface area contributed by atoms with Gasteiger partial charge in [0.05, 0.1) is 5.56 Å². The summed E-state index contributed by atoms with van der Waals surface area (Å²) in [5.41, 5.74) is 0.856. The van der Waals surface area contributed by atoms with Gasteiger partial charge in [-0.1, -0.05) is 23.2 Å². The summed E-state index contributed by atoms with van der Waals surface area (Å²) in [6, 6.07) is 4.72. The standard InChI is InChI=1S/C9H5Cl2NO2/c10-6-2-7-1-5(9(13)14)4-12(7)8(11)3-6/h1-4H,(H,13,14). The quantitative estimate of drug-likeness (QED) is 0.765. The number of aromatic carboxylic acids is 1. The molecule has 0 unspecified atom stereocenters. The molecule has 2 rings (SSSR count). The third-order valence-corrected chi connectivity index (χ3v) is 2.38. The smallest absolute Gasteiger partial charge is 0.337 e. The normalized spacial score (nSPS) is 10.7. The van der Waals surface area contributed by atoms with Gasteiger partial charge in [-0.3, -0.25) is 0 Å². The van der Waals surface area contributed by atoms with Gasteiger partial charge in [-0.15, -0.1) is 0 Å². The first-order valence-corrected chi connectivity index (χ1v) is 4.54. The summed E-state index contributed by atoms with van der Waals surface area (Å²) in [6.45, 7) is 0. The molecule has 0 fully saturated rings. The van der Waals surface area contributed by atoms with Crippen LogP contribution in [0.2, 0.25) is 10.2 Å². The molecule has 0 aliphatic rings. The molecule has 0 aromatic carbocycles. The Hall–Kier alpha value is -1.19. The zero-order valence-electron chi connectivity index (χ0n) is 6.87. The Bertz CT molecular complexity index is 519. The highest BCUT2D eigenvalue weighted by molar-refractivity contribution is 6.34. The van der Waals surface area contributed by atoms with Crippen molar-refractivity contribution in [2.24, 2.45) is 0 Å². The summed E-state index contributed by atoms with van der Waals surface area (Å²) < 4.78 is 1.57. The SMILES string of the molecule is O=C(O)c1cc2cc(Cl)cc(Cl)n2c1. The summed E-state index contributed by atoms with van der Waals surface area (Å²) in [4.78, 5) is 10.7. The third kappa shape index (κ3) is 1.45. The Morgan fingerprint density at radius 1 is 1.29 bits per heavy atom. The van der Waals surface area contributed by atoms with Gasteiger partial charge < -0.3 is 9.51 Å². The average molecular weight is 230 g/mol. The van der Waals surface area contributed by atoms with Crippen LogP contribution in [0.5, 0.6) is 0 Å². The minimum absolute atomic E-state index is 0.189. The van der Waals surface area contributed by atoms with Crippen LogP contribution in [-0.4, -0.2) is 15.5 Å². The highest BCUT2D eigenvalue weighted by Gasteiger charge is 2.08. The van der Waals surface area contributed by atoms with E-state index in [4.69, 9.17) is 28.3 Å². The van der Waals surface area contributed by atoms with E-state index in [1.54, 1.807) is 16.5 Å². The predicted molar refractivity (Wildman–Crippen MR) is 54.4 cm³/mol. The van der Waals surface area contributed by atoms with Crippen molar-refractivity contribution in [2.45, 2.75) is 0 Å². The highest BCUT2D eigenvalue weighted by atomic mass is 35.5. The van der Waals surface area contributed by atoms with E-state index in [-0.39, 0.29) is 5.56 Å². The summed E-state index contributed by atoms with van der Waals surface area (Å²) in [5, 5.41) is 9.63. The molecule has 0 atom stereocenters. The van der Waals surface area contributed by atoms with Crippen molar-refractivity contribution in [2.75, 3.05) is 0 Å². The van der Waals surface area contributed by atoms with Crippen LogP contribution >= 0.6 is 23.2 Å². The van der Waals surface area contributed by atoms with E-state index in [0.717, 1.165) is 0 Å². The van der Waals surface area contributed by atoms with Crippen molar-refractivity contribution in [3.63, 3.8) is 0 Å². The van der Waals surface area contributed by atoms with Crippen LogP contribution < -0.4 is 0 Å². The van der Waals surface area contributed by atoms with Crippen LogP contribution in [0.1, 0.15) is 10.4 Å². The predicted octanol–water partition coefficient (Wildman–Crippen LogP) is 2.94. The van der Waals surface area contributed by atoms with Gasteiger partial charge >= 0.3 is 5.97 Å². The fourth-order valence-corrected chi connectivity index (χ4v) is 1.79. The molecule has 0 spiro atoms. The lowest BCUT2D eigenvalue weighted by atomic mass is 10.3. The largest absolute Gasteiger partial charge is 0.478 e. The molecule has 0 radical (unpaired) electrons. The van der Waals surface area contributed by atoms with Gasteiger partial charge in [0.1, 0.15) is 5.15 Å². The van der Waals surface area contributed by atoms with Gasteiger partial charge in [0, 0.05) is 16.7 Å². The minimum Gasteiger partial charge on any atom is -0.478 e. The van der Waals surface area contributed by atoms with Gasteiger partial charge in [0.15, 0.2) is 0 Å². The molecular formula is C9H5Cl2NO2. The molecule has 0 aliphatic carbocycles. The molecule has 1 N–H and O–H groups in total. The van der Waals surface area contributed by atoms with Crippen molar-refractivity contribution < 1.29 is 9.90 Å². The third-order valence-electron chi connectivity index (χ3n) is 1.87. The van der Waals surface area contributed by atoms with Crippen molar-refractivity contribution in [3.8, 4) is 0 Å². The highest BCUT2D eigenvalue weighted by Crippen LogP contribution is 2.22. The lowest BCUT2D eigenvalue weighted by Gasteiger charge is -1.98. The number of rotatable bonds is 1. The van der Waals surface area contributed by atoms with E-state index in [9.17, 15) is 4.79 Å². The van der Waals surface area contributed by atoms with Crippen LogP contribution in [0.15, 0.2) is 24.4 Å². The molecule has 0 aliphatic heterocycles. The number of carboxylic acids is 1. The van der Waals surface area contributed by atoms with Gasteiger partial charge in [-0.2, -0.15) is 0 Å². The molecule has 0 saturated carbocycles. The van der Waals surface area contributed by atoms with Crippen molar-refractivity contribution in [1.29, 1.82) is 0 Å². The second kappa shape index (κ2) is 3.19. The fraction of sp³-hybridized carbons (Fsp3) is 0. The first kappa shape index (κ1) is 9.37. The van der Waals surface area contributed by atoms with E-state index in [0.29, 0.717) is 15.7 Å². The molecule has 0 bridgehead atoms. The number of pyridine rings is 1. The number of aromatic nitrogens is 1. The molecule has 14 heavy (non-hydrogen) atoms. The zero-order chi connectivity index (χ0) is 10.3. The maximum Gasteiger partial charge on any atom is 0.337 e. The number of carboxylic acid groups (broad SMARTS) is 1. The average Bonchev–Trinajstić information content (AvgIpc) is 2.47. The first-order valence-electron chi connectivity index (χ1n) is 3.78. The Morgan fingerprint density at radius 2 is 2.00 bits per heavy atom.